The molecule has 0 aromatic heterocycles. The van der Waals surface area contributed by atoms with E-state index in [1.165, 1.54) is 24.1 Å². The lowest BCUT2D eigenvalue weighted by atomic mass is 10.1. The lowest BCUT2D eigenvalue weighted by Crippen LogP contribution is -2.49. The van der Waals surface area contributed by atoms with Crippen LogP contribution in [-0.2, 0) is 16.1 Å². The van der Waals surface area contributed by atoms with Gasteiger partial charge in [0.2, 0.25) is 5.91 Å². The first-order valence-electron chi connectivity index (χ1n) is 6.52. The van der Waals surface area contributed by atoms with Crippen LogP contribution in [0.4, 0.5) is 4.79 Å². The molecule has 1 heterocycles. The third-order valence-corrected chi connectivity index (χ3v) is 3.81. The highest BCUT2D eigenvalue weighted by Crippen LogP contribution is 2.10. The quantitative estimate of drug-likeness (QED) is 0.461. The van der Waals surface area contributed by atoms with Gasteiger partial charge in [0.05, 0.1) is 24.5 Å². The number of carbonyl (C=O) groups is 2. The standard InChI is InChI=1S/C13H20N4O4S/c1-4-6-10(5-2)11(12(18)14-3)15-9-16-7-8-17(13(16)19)22(20)21/h4-6,11,15H,1-2,7-9H2,3H3,(H,14,18)(H,20,21)/p-1/b10-6+. The zero-order valence-electron chi connectivity index (χ0n) is 12.3. The van der Waals surface area contributed by atoms with Crippen molar-refractivity contribution in [1.29, 1.82) is 0 Å². The average Bonchev–Trinajstić information content (AvgIpc) is 2.87. The van der Waals surface area contributed by atoms with Crippen molar-refractivity contribution < 1.29 is 18.4 Å². The maximum atomic E-state index is 11.9. The fourth-order valence-electron chi connectivity index (χ4n) is 1.97. The molecule has 0 aliphatic carbocycles. The second-order valence-electron chi connectivity index (χ2n) is 4.38. The van der Waals surface area contributed by atoms with Gasteiger partial charge in [0.25, 0.3) is 0 Å². The smallest absolute Gasteiger partial charge is 0.332 e. The summed E-state index contributed by atoms with van der Waals surface area (Å²) in [6, 6.07) is -1.34. The maximum Gasteiger partial charge on any atom is 0.332 e. The molecule has 2 N–H and O–H groups in total. The minimum atomic E-state index is -2.59. The molecule has 2 unspecified atom stereocenters. The molecule has 0 bridgehead atoms. The zero-order chi connectivity index (χ0) is 16.7. The Kier molecular flexibility index (Phi) is 6.96. The highest BCUT2D eigenvalue weighted by atomic mass is 32.2. The molecule has 122 valence electrons. The van der Waals surface area contributed by atoms with Gasteiger partial charge in [0.15, 0.2) is 0 Å². The second-order valence-corrected chi connectivity index (χ2v) is 5.26. The molecule has 8 nitrogen and oxygen atoms in total. The predicted molar refractivity (Wildman–Crippen MR) is 82.1 cm³/mol. The minimum absolute atomic E-state index is 0.0347. The van der Waals surface area contributed by atoms with E-state index in [0.717, 1.165) is 4.31 Å². The maximum absolute atomic E-state index is 11.9. The van der Waals surface area contributed by atoms with Crippen molar-refractivity contribution in [3.05, 3.63) is 37.0 Å². The van der Waals surface area contributed by atoms with Crippen LogP contribution in [0.3, 0.4) is 0 Å². The minimum Gasteiger partial charge on any atom is -0.755 e. The fraction of sp³-hybridized carbons (Fsp3) is 0.385. The SMILES string of the molecule is C=C/C=C(\C=C)C(NCN1CCN(S(=O)[O-])C1=O)C(=O)NC. The number of carbonyl (C=O) groups excluding carboxylic acids is 2. The largest absolute Gasteiger partial charge is 0.755 e. The van der Waals surface area contributed by atoms with Crippen LogP contribution in [0.15, 0.2) is 37.0 Å². The van der Waals surface area contributed by atoms with E-state index in [1.807, 2.05) is 0 Å². The molecule has 3 amide bonds. The number of allylic oxidation sites excluding steroid dienone is 2. The summed E-state index contributed by atoms with van der Waals surface area (Å²) in [7, 11) is 1.49. The first-order valence-corrected chi connectivity index (χ1v) is 7.55. The molecule has 0 aromatic rings. The van der Waals surface area contributed by atoms with Crippen molar-refractivity contribution in [3.8, 4) is 0 Å². The van der Waals surface area contributed by atoms with Crippen LogP contribution in [-0.4, -0.2) is 62.8 Å². The van der Waals surface area contributed by atoms with Gasteiger partial charge in [0, 0.05) is 13.6 Å². The highest BCUT2D eigenvalue weighted by Gasteiger charge is 2.30. The molecule has 1 saturated heterocycles. The van der Waals surface area contributed by atoms with Gasteiger partial charge in [-0.15, -0.1) is 0 Å². The van der Waals surface area contributed by atoms with E-state index in [1.54, 1.807) is 6.08 Å². The number of amides is 3. The van der Waals surface area contributed by atoms with E-state index in [9.17, 15) is 18.4 Å². The summed E-state index contributed by atoms with van der Waals surface area (Å²) in [5.41, 5.74) is 0.588. The van der Waals surface area contributed by atoms with Gasteiger partial charge in [-0.25, -0.2) is 4.79 Å². The number of nitrogens with one attached hydrogen (secondary N) is 2. The lowest BCUT2D eigenvalue weighted by Gasteiger charge is -2.23. The summed E-state index contributed by atoms with van der Waals surface area (Å²) in [6.07, 6.45) is 4.67. The van der Waals surface area contributed by atoms with E-state index < -0.39 is 23.3 Å². The Labute approximate surface area is 131 Å². The Hall–Kier alpha value is -1.97. The van der Waals surface area contributed by atoms with Gasteiger partial charge in [-0.2, -0.15) is 0 Å². The number of rotatable bonds is 8. The number of urea groups is 1. The molecule has 22 heavy (non-hydrogen) atoms. The molecular formula is C13H19N4O4S-. The summed E-state index contributed by atoms with van der Waals surface area (Å²) in [4.78, 5) is 25.1. The Balaban J connectivity index is 2.76. The Morgan fingerprint density at radius 2 is 2.18 bits per heavy atom. The number of likely N-dealkylation sites (N-methyl/N-ethyl adjacent to an activating group) is 1. The van der Waals surface area contributed by atoms with Crippen LogP contribution in [0, 0.1) is 0 Å². The molecule has 0 spiro atoms. The predicted octanol–water partition coefficient (Wildman–Crippen LogP) is -0.522. The van der Waals surface area contributed by atoms with Crippen LogP contribution in [0.25, 0.3) is 0 Å². The first kappa shape index (κ1) is 18.1. The fourth-order valence-corrected chi connectivity index (χ4v) is 2.45. The van der Waals surface area contributed by atoms with Crippen molar-refractivity contribution >= 4 is 23.2 Å². The van der Waals surface area contributed by atoms with Crippen LogP contribution >= 0.6 is 0 Å². The van der Waals surface area contributed by atoms with Gasteiger partial charge in [0.1, 0.15) is 6.04 Å². The molecule has 0 saturated carbocycles. The molecular weight excluding hydrogens is 308 g/mol. The summed E-state index contributed by atoms with van der Waals surface area (Å²) < 4.78 is 22.4. The van der Waals surface area contributed by atoms with Crippen LogP contribution in [0.1, 0.15) is 0 Å². The molecule has 9 heteroatoms. The van der Waals surface area contributed by atoms with Gasteiger partial charge >= 0.3 is 6.03 Å². The molecule has 0 radical (unpaired) electrons. The van der Waals surface area contributed by atoms with Crippen molar-refractivity contribution in [2.24, 2.45) is 0 Å². The normalized spacial score (nSPS) is 18.1. The van der Waals surface area contributed by atoms with Crippen molar-refractivity contribution in [2.75, 3.05) is 26.8 Å². The second kappa shape index (κ2) is 8.47. The third-order valence-electron chi connectivity index (χ3n) is 3.11. The van der Waals surface area contributed by atoms with E-state index in [4.69, 9.17) is 0 Å². The first-order chi connectivity index (χ1) is 10.5. The van der Waals surface area contributed by atoms with Crippen molar-refractivity contribution in [3.63, 3.8) is 0 Å². The van der Waals surface area contributed by atoms with Gasteiger partial charge < -0.3 is 14.8 Å². The van der Waals surface area contributed by atoms with Crippen LogP contribution in [0.2, 0.25) is 0 Å². The zero-order valence-corrected chi connectivity index (χ0v) is 13.1. The monoisotopic (exact) mass is 327 g/mol. The topological polar surface area (TPSA) is 105 Å². The Morgan fingerprint density at radius 3 is 2.64 bits per heavy atom. The molecule has 0 aromatic carbocycles. The van der Waals surface area contributed by atoms with E-state index in [2.05, 4.69) is 23.8 Å². The molecule has 1 fully saturated rings. The molecule has 2 atom stereocenters. The summed E-state index contributed by atoms with van der Waals surface area (Å²) in [6.45, 7) is 7.60. The van der Waals surface area contributed by atoms with E-state index >= 15 is 0 Å². The van der Waals surface area contributed by atoms with Crippen LogP contribution in [0.5, 0.6) is 0 Å². The summed E-state index contributed by atoms with van der Waals surface area (Å²) in [5.74, 6) is -0.302. The molecule has 1 aliphatic heterocycles. The molecule has 1 aliphatic rings. The van der Waals surface area contributed by atoms with Gasteiger partial charge in [-0.3, -0.25) is 18.6 Å². The number of nitrogens with zero attached hydrogens (tertiary/aromatic N) is 2. The van der Waals surface area contributed by atoms with E-state index in [0.29, 0.717) is 5.57 Å². The van der Waals surface area contributed by atoms with E-state index in [-0.39, 0.29) is 25.7 Å². The third kappa shape index (κ3) is 4.26. The summed E-state index contributed by atoms with van der Waals surface area (Å²) >= 11 is -2.59. The number of hydrogen-bond acceptors (Lipinski definition) is 5. The molecule has 1 rings (SSSR count). The number of hydrogen-bond donors (Lipinski definition) is 2. The average molecular weight is 327 g/mol. The summed E-state index contributed by atoms with van der Waals surface area (Å²) in [5, 5.41) is 5.43. The van der Waals surface area contributed by atoms with Crippen LogP contribution < -0.4 is 10.6 Å². The van der Waals surface area contributed by atoms with Gasteiger partial charge in [-0.05, 0) is 5.57 Å². The van der Waals surface area contributed by atoms with Crippen molar-refractivity contribution in [1.82, 2.24) is 19.8 Å². The lowest BCUT2D eigenvalue weighted by molar-refractivity contribution is -0.121. The van der Waals surface area contributed by atoms with Crippen molar-refractivity contribution in [2.45, 2.75) is 6.04 Å². The highest BCUT2D eigenvalue weighted by molar-refractivity contribution is 7.77. The Bertz CT molecular complexity index is 520. The Morgan fingerprint density at radius 1 is 1.50 bits per heavy atom. The van der Waals surface area contributed by atoms with Gasteiger partial charge in [-0.1, -0.05) is 31.4 Å².